The molecule has 18 heavy (non-hydrogen) atoms. The maximum absolute atomic E-state index is 12.3. The third kappa shape index (κ3) is 2.34. The summed E-state index contributed by atoms with van der Waals surface area (Å²) in [6.07, 6.45) is 0. The second kappa shape index (κ2) is 4.98. The van der Waals surface area contributed by atoms with Crippen LogP contribution in [0.2, 0.25) is 0 Å². The highest BCUT2D eigenvalue weighted by molar-refractivity contribution is 6.20. The van der Waals surface area contributed by atoms with Crippen molar-refractivity contribution >= 4 is 28.4 Å². The molecule has 1 aromatic carbocycles. The lowest BCUT2D eigenvalue weighted by Gasteiger charge is -2.17. The SMILES string of the molecule is CC(Cl)CN(C)C(=O)c1nn(C)c2ccccc12. The van der Waals surface area contributed by atoms with Crippen LogP contribution in [0.1, 0.15) is 17.4 Å². The van der Waals surface area contributed by atoms with Crippen LogP contribution in [0.3, 0.4) is 0 Å². The fourth-order valence-corrected chi connectivity index (χ4v) is 2.22. The van der Waals surface area contributed by atoms with Crippen molar-refractivity contribution in [3.05, 3.63) is 30.0 Å². The standard InChI is InChI=1S/C13H16ClN3O/c1-9(14)8-16(2)13(18)12-10-6-4-5-7-11(10)17(3)15-12/h4-7,9H,8H2,1-3H3. The molecular weight excluding hydrogens is 250 g/mol. The summed E-state index contributed by atoms with van der Waals surface area (Å²) >= 11 is 5.91. The second-order valence-corrected chi connectivity index (χ2v) is 5.20. The van der Waals surface area contributed by atoms with Gasteiger partial charge >= 0.3 is 0 Å². The zero-order chi connectivity index (χ0) is 13.3. The normalized spacial score (nSPS) is 12.7. The van der Waals surface area contributed by atoms with Crippen LogP contribution in [-0.4, -0.2) is 39.6 Å². The first-order chi connectivity index (χ1) is 8.50. The Hall–Kier alpha value is -1.55. The lowest BCUT2D eigenvalue weighted by Crippen LogP contribution is -2.31. The predicted octanol–water partition coefficient (Wildman–Crippen LogP) is 2.27. The number of para-hydroxylation sites is 1. The van der Waals surface area contributed by atoms with Gasteiger partial charge in [0.05, 0.1) is 5.52 Å². The number of hydrogen-bond donors (Lipinski definition) is 0. The highest BCUT2D eigenvalue weighted by atomic mass is 35.5. The number of benzene rings is 1. The van der Waals surface area contributed by atoms with Gasteiger partial charge in [0.2, 0.25) is 0 Å². The summed E-state index contributed by atoms with van der Waals surface area (Å²) in [5, 5.41) is 5.10. The Labute approximate surface area is 111 Å². The van der Waals surface area contributed by atoms with E-state index in [1.54, 1.807) is 16.6 Å². The topological polar surface area (TPSA) is 38.1 Å². The van der Waals surface area contributed by atoms with Gasteiger partial charge in [0.1, 0.15) is 0 Å². The molecule has 0 fully saturated rings. The number of aromatic nitrogens is 2. The number of fused-ring (bicyclic) bond motifs is 1. The van der Waals surface area contributed by atoms with Crippen molar-refractivity contribution in [2.24, 2.45) is 7.05 Å². The first-order valence-corrected chi connectivity index (χ1v) is 6.25. The average molecular weight is 266 g/mol. The Morgan fingerprint density at radius 2 is 2.17 bits per heavy atom. The van der Waals surface area contributed by atoms with E-state index < -0.39 is 0 Å². The van der Waals surface area contributed by atoms with Gasteiger partial charge in [-0.2, -0.15) is 5.10 Å². The summed E-state index contributed by atoms with van der Waals surface area (Å²) in [4.78, 5) is 13.9. The largest absolute Gasteiger partial charge is 0.339 e. The molecule has 0 bridgehead atoms. The van der Waals surface area contributed by atoms with E-state index in [9.17, 15) is 4.79 Å². The maximum atomic E-state index is 12.3. The van der Waals surface area contributed by atoms with Gasteiger partial charge < -0.3 is 4.90 Å². The Kier molecular flexibility index (Phi) is 3.57. The van der Waals surface area contributed by atoms with Gasteiger partial charge in [-0.3, -0.25) is 9.48 Å². The summed E-state index contributed by atoms with van der Waals surface area (Å²) in [5.74, 6) is -0.0979. The van der Waals surface area contributed by atoms with Crippen LogP contribution in [0.5, 0.6) is 0 Å². The average Bonchev–Trinajstić information content (AvgIpc) is 2.66. The molecule has 1 amide bonds. The summed E-state index contributed by atoms with van der Waals surface area (Å²) in [6.45, 7) is 2.37. The Bertz CT molecular complexity index is 577. The van der Waals surface area contributed by atoms with E-state index in [-0.39, 0.29) is 11.3 Å². The van der Waals surface area contributed by atoms with Gasteiger partial charge in [0, 0.05) is 31.4 Å². The van der Waals surface area contributed by atoms with E-state index in [4.69, 9.17) is 11.6 Å². The molecular formula is C13H16ClN3O. The van der Waals surface area contributed by atoms with Crippen molar-refractivity contribution in [2.75, 3.05) is 13.6 Å². The monoisotopic (exact) mass is 265 g/mol. The van der Waals surface area contributed by atoms with E-state index >= 15 is 0 Å². The van der Waals surface area contributed by atoms with Crippen LogP contribution in [0.15, 0.2) is 24.3 Å². The summed E-state index contributed by atoms with van der Waals surface area (Å²) < 4.78 is 1.72. The maximum Gasteiger partial charge on any atom is 0.274 e. The molecule has 2 aromatic rings. The molecule has 5 heteroatoms. The number of halogens is 1. The molecule has 1 heterocycles. The smallest absolute Gasteiger partial charge is 0.274 e. The predicted molar refractivity (Wildman–Crippen MR) is 73.0 cm³/mol. The quantitative estimate of drug-likeness (QED) is 0.799. The Morgan fingerprint density at radius 1 is 1.50 bits per heavy atom. The third-order valence-corrected chi connectivity index (χ3v) is 2.97. The van der Waals surface area contributed by atoms with Crippen LogP contribution in [-0.2, 0) is 7.05 Å². The number of rotatable bonds is 3. The molecule has 1 aromatic heterocycles. The van der Waals surface area contributed by atoms with Gasteiger partial charge in [-0.25, -0.2) is 0 Å². The van der Waals surface area contributed by atoms with E-state index in [0.29, 0.717) is 12.2 Å². The zero-order valence-corrected chi connectivity index (χ0v) is 11.5. The van der Waals surface area contributed by atoms with E-state index in [2.05, 4.69) is 5.10 Å². The number of carbonyl (C=O) groups is 1. The molecule has 0 N–H and O–H groups in total. The summed E-state index contributed by atoms with van der Waals surface area (Å²) in [7, 11) is 3.58. The number of amides is 1. The molecule has 0 aliphatic carbocycles. The molecule has 1 unspecified atom stereocenters. The fraction of sp³-hybridized carbons (Fsp3) is 0.385. The minimum Gasteiger partial charge on any atom is -0.339 e. The molecule has 4 nitrogen and oxygen atoms in total. The number of alkyl halides is 1. The summed E-state index contributed by atoms with van der Waals surface area (Å²) in [5.41, 5.74) is 1.43. The van der Waals surface area contributed by atoms with Gasteiger partial charge in [-0.1, -0.05) is 18.2 Å². The number of hydrogen-bond acceptors (Lipinski definition) is 2. The molecule has 0 spiro atoms. The van der Waals surface area contributed by atoms with Crippen molar-refractivity contribution in [1.29, 1.82) is 0 Å². The Morgan fingerprint density at radius 3 is 2.83 bits per heavy atom. The summed E-state index contributed by atoms with van der Waals surface area (Å²) in [6, 6.07) is 7.70. The molecule has 96 valence electrons. The van der Waals surface area contributed by atoms with E-state index in [1.165, 1.54) is 0 Å². The first kappa shape index (κ1) is 12.9. The molecule has 0 saturated heterocycles. The van der Waals surface area contributed by atoms with Crippen molar-refractivity contribution in [2.45, 2.75) is 12.3 Å². The van der Waals surface area contributed by atoms with Gasteiger partial charge in [-0.15, -0.1) is 11.6 Å². The van der Waals surface area contributed by atoms with Crippen LogP contribution < -0.4 is 0 Å². The number of aryl methyl sites for hydroxylation is 1. The van der Waals surface area contributed by atoms with Gasteiger partial charge in [0.15, 0.2) is 5.69 Å². The third-order valence-electron chi connectivity index (χ3n) is 2.83. The molecule has 0 radical (unpaired) electrons. The molecule has 2 rings (SSSR count). The highest BCUT2D eigenvalue weighted by Gasteiger charge is 2.19. The first-order valence-electron chi connectivity index (χ1n) is 5.82. The van der Waals surface area contributed by atoms with E-state index in [0.717, 1.165) is 10.9 Å². The second-order valence-electron chi connectivity index (χ2n) is 4.46. The highest BCUT2D eigenvalue weighted by Crippen LogP contribution is 2.18. The van der Waals surface area contributed by atoms with Crippen molar-refractivity contribution in [1.82, 2.24) is 14.7 Å². The van der Waals surface area contributed by atoms with E-state index in [1.807, 2.05) is 38.2 Å². The van der Waals surface area contributed by atoms with Crippen LogP contribution >= 0.6 is 11.6 Å². The number of carbonyl (C=O) groups excluding carboxylic acids is 1. The molecule has 0 aliphatic heterocycles. The molecule has 1 atom stereocenters. The fourth-order valence-electron chi connectivity index (χ4n) is 2.01. The lowest BCUT2D eigenvalue weighted by molar-refractivity contribution is 0.0791. The van der Waals surface area contributed by atoms with Crippen molar-refractivity contribution in [3.63, 3.8) is 0 Å². The van der Waals surface area contributed by atoms with Crippen LogP contribution in [0.4, 0.5) is 0 Å². The van der Waals surface area contributed by atoms with Crippen LogP contribution in [0.25, 0.3) is 10.9 Å². The molecule has 0 saturated carbocycles. The van der Waals surface area contributed by atoms with Crippen molar-refractivity contribution < 1.29 is 4.79 Å². The van der Waals surface area contributed by atoms with Gasteiger partial charge in [0.25, 0.3) is 5.91 Å². The lowest BCUT2D eigenvalue weighted by atomic mass is 10.2. The number of nitrogens with zero attached hydrogens (tertiary/aromatic N) is 3. The Balaban J connectivity index is 2.39. The minimum absolute atomic E-state index is 0.0751. The van der Waals surface area contributed by atoms with Crippen LogP contribution in [0, 0.1) is 0 Å². The molecule has 0 aliphatic rings. The van der Waals surface area contributed by atoms with Gasteiger partial charge in [-0.05, 0) is 13.0 Å². The minimum atomic E-state index is -0.0979. The zero-order valence-electron chi connectivity index (χ0n) is 10.7. The van der Waals surface area contributed by atoms with Crippen molar-refractivity contribution in [3.8, 4) is 0 Å².